The predicted octanol–water partition coefficient (Wildman–Crippen LogP) is 4.51. The summed E-state index contributed by atoms with van der Waals surface area (Å²) in [5.41, 5.74) is 3.69. The molecule has 0 bridgehead atoms. The monoisotopic (exact) mass is 372 g/mol. The van der Waals surface area contributed by atoms with Crippen LogP contribution in [0.25, 0.3) is 0 Å². The van der Waals surface area contributed by atoms with Gasteiger partial charge >= 0.3 is 0 Å². The largest absolute Gasteiger partial charge is 0.393 e. The van der Waals surface area contributed by atoms with Gasteiger partial charge in [0, 0.05) is 0 Å². The zero-order valence-electron chi connectivity index (χ0n) is 17.2. The number of aliphatic hydroxyl groups is 1. The summed E-state index contributed by atoms with van der Waals surface area (Å²) in [6, 6.07) is 0. The Labute approximate surface area is 164 Å². The molecule has 4 aliphatic carbocycles. The molecule has 0 aromatic heterocycles. The Morgan fingerprint density at radius 2 is 1.89 bits per heavy atom. The van der Waals surface area contributed by atoms with E-state index in [4.69, 9.17) is 9.47 Å². The first-order valence-electron chi connectivity index (χ1n) is 11.2. The van der Waals surface area contributed by atoms with Crippen molar-refractivity contribution in [2.24, 2.45) is 34.5 Å². The SMILES string of the molecule is CC1C=C2CC(O)CC[C@]2(C)[C@@H]2CC[C@]3(C)C(C4COCCO4)=CC[C@H]3[C@H]12. The van der Waals surface area contributed by atoms with Gasteiger partial charge in [0.05, 0.1) is 25.9 Å². The summed E-state index contributed by atoms with van der Waals surface area (Å²) < 4.78 is 11.9. The highest BCUT2D eigenvalue weighted by molar-refractivity contribution is 5.33. The van der Waals surface area contributed by atoms with E-state index < -0.39 is 0 Å². The van der Waals surface area contributed by atoms with E-state index in [-0.39, 0.29) is 17.6 Å². The lowest BCUT2D eigenvalue weighted by Gasteiger charge is -2.59. The molecule has 150 valence electrons. The number of allylic oxidation sites excluding steroid dienone is 2. The van der Waals surface area contributed by atoms with Crippen molar-refractivity contribution in [3.63, 3.8) is 0 Å². The molecule has 0 radical (unpaired) electrons. The van der Waals surface area contributed by atoms with Gasteiger partial charge in [-0.05, 0) is 78.6 Å². The van der Waals surface area contributed by atoms with Gasteiger partial charge in [-0.3, -0.25) is 0 Å². The van der Waals surface area contributed by atoms with Crippen molar-refractivity contribution in [1.82, 2.24) is 0 Å². The predicted molar refractivity (Wildman–Crippen MR) is 106 cm³/mol. The minimum atomic E-state index is -0.120. The van der Waals surface area contributed by atoms with E-state index in [2.05, 4.69) is 32.9 Å². The van der Waals surface area contributed by atoms with E-state index in [0.29, 0.717) is 11.3 Å². The normalized spacial score (nSPS) is 52.3. The standard InChI is InChI=1S/C24H36O3/c1-15-12-16-13-17(25)6-8-23(16,2)20-7-9-24(3)18(4-5-19(24)22(15)20)21-14-26-10-11-27-21/h4,12,15,17,19-22,25H,5-11,13-14H2,1-3H3/t15?,17?,19-,20+,21?,22-,23-,24+/m0/s1. The summed E-state index contributed by atoms with van der Waals surface area (Å²) >= 11 is 0. The van der Waals surface area contributed by atoms with Crippen LogP contribution in [0, 0.1) is 34.5 Å². The highest BCUT2D eigenvalue weighted by atomic mass is 16.6. The molecule has 3 unspecified atom stereocenters. The molecule has 1 aliphatic heterocycles. The van der Waals surface area contributed by atoms with Gasteiger partial charge in [-0.15, -0.1) is 0 Å². The van der Waals surface area contributed by atoms with Crippen molar-refractivity contribution in [3.8, 4) is 0 Å². The van der Waals surface area contributed by atoms with Crippen molar-refractivity contribution in [2.75, 3.05) is 19.8 Å². The number of hydrogen-bond acceptors (Lipinski definition) is 3. The molecule has 1 N–H and O–H groups in total. The third kappa shape index (κ3) is 2.64. The smallest absolute Gasteiger partial charge is 0.102 e. The van der Waals surface area contributed by atoms with Crippen LogP contribution in [0.5, 0.6) is 0 Å². The van der Waals surface area contributed by atoms with E-state index in [1.807, 2.05) is 0 Å². The Morgan fingerprint density at radius 3 is 2.67 bits per heavy atom. The maximum absolute atomic E-state index is 10.2. The van der Waals surface area contributed by atoms with Crippen LogP contribution in [0.15, 0.2) is 23.3 Å². The summed E-state index contributed by atoms with van der Waals surface area (Å²) in [5, 5.41) is 10.2. The van der Waals surface area contributed by atoms with Crippen LogP contribution >= 0.6 is 0 Å². The van der Waals surface area contributed by atoms with Crippen molar-refractivity contribution in [2.45, 2.75) is 71.5 Å². The fraction of sp³-hybridized carbons (Fsp3) is 0.833. The van der Waals surface area contributed by atoms with Crippen LogP contribution in [-0.2, 0) is 9.47 Å². The maximum atomic E-state index is 10.2. The van der Waals surface area contributed by atoms with Crippen LogP contribution in [0.3, 0.4) is 0 Å². The molecular formula is C24H36O3. The first-order chi connectivity index (χ1) is 12.9. The Balaban J connectivity index is 1.46. The summed E-state index contributed by atoms with van der Waals surface area (Å²) in [5.74, 6) is 2.87. The molecule has 3 nitrogen and oxygen atoms in total. The van der Waals surface area contributed by atoms with Crippen LogP contribution in [0.2, 0.25) is 0 Å². The first-order valence-corrected chi connectivity index (χ1v) is 11.2. The molecule has 1 heterocycles. The third-order valence-corrected chi connectivity index (χ3v) is 9.21. The number of hydrogen-bond donors (Lipinski definition) is 1. The average molecular weight is 373 g/mol. The molecule has 0 spiro atoms. The highest BCUT2D eigenvalue weighted by Gasteiger charge is 2.59. The molecule has 3 heteroatoms. The molecule has 0 aromatic carbocycles. The van der Waals surface area contributed by atoms with E-state index in [0.717, 1.165) is 56.8 Å². The van der Waals surface area contributed by atoms with E-state index in [1.165, 1.54) is 24.8 Å². The third-order valence-electron chi connectivity index (χ3n) is 9.21. The summed E-state index contributed by atoms with van der Waals surface area (Å²) in [7, 11) is 0. The lowest BCUT2D eigenvalue weighted by Crippen LogP contribution is -2.53. The van der Waals surface area contributed by atoms with E-state index in [9.17, 15) is 5.11 Å². The minimum absolute atomic E-state index is 0.120. The highest BCUT2D eigenvalue weighted by Crippen LogP contribution is 2.66. The van der Waals surface area contributed by atoms with Gasteiger partial charge < -0.3 is 14.6 Å². The van der Waals surface area contributed by atoms with Crippen LogP contribution in [-0.4, -0.2) is 37.1 Å². The molecule has 8 atom stereocenters. The molecule has 0 aromatic rings. The topological polar surface area (TPSA) is 38.7 Å². The molecule has 2 saturated carbocycles. The van der Waals surface area contributed by atoms with E-state index in [1.54, 1.807) is 5.57 Å². The summed E-state index contributed by atoms with van der Waals surface area (Å²) in [6.07, 6.45) is 12.0. The zero-order chi connectivity index (χ0) is 18.8. The van der Waals surface area contributed by atoms with Crippen LogP contribution < -0.4 is 0 Å². The van der Waals surface area contributed by atoms with Gasteiger partial charge in [-0.2, -0.15) is 0 Å². The van der Waals surface area contributed by atoms with Crippen LogP contribution in [0.4, 0.5) is 0 Å². The van der Waals surface area contributed by atoms with Gasteiger partial charge in [0.15, 0.2) is 0 Å². The first kappa shape index (κ1) is 18.4. The molecule has 0 amide bonds. The second kappa shape index (κ2) is 6.43. The Hall–Kier alpha value is -0.640. The van der Waals surface area contributed by atoms with Crippen molar-refractivity contribution in [3.05, 3.63) is 23.3 Å². The van der Waals surface area contributed by atoms with Gasteiger partial charge in [0.1, 0.15) is 6.10 Å². The Morgan fingerprint density at radius 1 is 1.07 bits per heavy atom. The minimum Gasteiger partial charge on any atom is -0.393 e. The molecule has 27 heavy (non-hydrogen) atoms. The average Bonchev–Trinajstić information content (AvgIpc) is 3.01. The second-order valence-corrected chi connectivity index (χ2v) is 10.4. The molecule has 3 fully saturated rings. The quantitative estimate of drug-likeness (QED) is 0.689. The van der Waals surface area contributed by atoms with Crippen molar-refractivity contribution in [1.29, 1.82) is 0 Å². The lowest BCUT2D eigenvalue weighted by molar-refractivity contribution is -0.0924. The van der Waals surface area contributed by atoms with Gasteiger partial charge in [-0.25, -0.2) is 0 Å². The number of fused-ring (bicyclic) bond motifs is 5. The van der Waals surface area contributed by atoms with Crippen molar-refractivity contribution < 1.29 is 14.6 Å². The van der Waals surface area contributed by atoms with Crippen molar-refractivity contribution >= 4 is 0 Å². The zero-order valence-corrected chi connectivity index (χ0v) is 17.2. The van der Waals surface area contributed by atoms with Gasteiger partial charge in [0.25, 0.3) is 0 Å². The summed E-state index contributed by atoms with van der Waals surface area (Å²) in [6.45, 7) is 9.68. The fourth-order valence-electron chi connectivity index (χ4n) is 7.77. The lowest BCUT2D eigenvalue weighted by atomic mass is 9.45. The Bertz CT molecular complexity index is 661. The number of rotatable bonds is 1. The second-order valence-electron chi connectivity index (χ2n) is 10.4. The molecule has 1 saturated heterocycles. The molecule has 5 aliphatic rings. The van der Waals surface area contributed by atoms with Crippen LogP contribution in [0.1, 0.15) is 59.3 Å². The number of ether oxygens (including phenoxy) is 2. The fourth-order valence-corrected chi connectivity index (χ4v) is 7.77. The molecule has 5 rings (SSSR count). The van der Waals surface area contributed by atoms with Gasteiger partial charge in [-0.1, -0.05) is 38.5 Å². The number of aliphatic hydroxyl groups excluding tert-OH is 1. The molecular weight excluding hydrogens is 336 g/mol. The summed E-state index contributed by atoms with van der Waals surface area (Å²) in [4.78, 5) is 0. The van der Waals surface area contributed by atoms with E-state index >= 15 is 0 Å². The van der Waals surface area contributed by atoms with Gasteiger partial charge in [0.2, 0.25) is 0 Å². The maximum Gasteiger partial charge on any atom is 0.102 e. The Kier molecular flexibility index (Phi) is 4.38.